The van der Waals surface area contributed by atoms with Gasteiger partial charge in [-0.1, -0.05) is 0 Å². The highest BCUT2D eigenvalue weighted by Gasteiger charge is 2.24. The molecule has 14 heavy (non-hydrogen) atoms. The van der Waals surface area contributed by atoms with E-state index in [1.54, 1.807) is 11.9 Å². The first-order valence-corrected chi connectivity index (χ1v) is 5.28. The highest BCUT2D eigenvalue weighted by Crippen LogP contribution is 2.15. The van der Waals surface area contributed by atoms with E-state index < -0.39 is 0 Å². The summed E-state index contributed by atoms with van der Waals surface area (Å²) in [5.74, 6) is 0. The Bertz CT molecular complexity index is 191. The van der Waals surface area contributed by atoms with Crippen molar-refractivity contribution in [2.45, 2.75) is 38.8 Å². The van der Waals surface area contributed by atoms with Crippen LogP contribution in [-0.2, 0) is 4.74 Å². The van der Waals surface area contributed by atoms with Gasteiger partial charge < -0.3 is 15.0 Å². The molecular formula is C10H20N2O2. The normalized spacial score (nSPS) is 23.2. The quantitative estimate of drug-likeness (QED) is 0.744. The van der Waals surface area contributed by atoms with Gasteiger partial charge in [-0.15, -0.1) is 0 Å². The van der Waals surface area contributed by atoms with Gasteiger partial charge in [0.2, 0.25) is 0 Å². The second kappa shape index (κ2) is 5.20. The lowest BCUT2D eigenvalue weighted by molar-refractivity contribution is 0.0840. The number of carbonyl (C=O) groups excluding carboxylic acids is 1. The third-order valence-corrected chi connectivity index (χ3v) is 2.69. The standard InChI is InChI=1S/C10H20N2O2/c1-4-12(3)10(13)11-8(2)9-6-5-7-14-9/h8-9H,4-7H2,1-3H3,(H,11,13). The van der Waals surface area contributed by atoms with Crippen molar-refractivity contribution < 1.29 is 9.53 Å². The van der Waals surface area contributed by atoms with Crippen molar-refractivity contribution in [2.24, 2.45) is 0 Å². The number of amides is 2. The molecule has 1 rings (SSSR count). The summed E-state index contributed by atoms with van der Waals surface area (Å²) < 4.78 is 5.50. The van der Waals surface area contributed by atoms with Crippen LogP contribution in [0, 0.1) is 0 Å². The van der Waals surface area contributed by atoms with Gasteiger partial charge in [0.1, 0.15) is 0 Å². The molecule has 2 unspecified atom stereocenters. The van der Waals surface area contributed by atoms with Crippen molar-refractivity contribution in [1.29, 1.82) is 0 Å². The number of rotatable bonds is 3. The molecule has 1 N–H and O–H groups in total. The number of hydrogen-bond donors (Lipinski definition) is 1. The van der Waals surface area contributed by atoms with E-state index in [-0.39, 0.29) is 18.2 Å². The van der Waals surface area contributed by atoms with E-state index in [1.807, 2.05) is 13.8 Å². The molecule has 0 aliphatic carbocycles. The molecule has 0 aromatic carbocycles. The van der Waals surface area contributed by atoms with Gasteiger partial charge in [-0.05, 0) is 26.7 Å². The first-order chi connectivity index (χ1) is 6.65. The van der Waals surface area contributed by atoms with Gasteiger partial charge in [-0.2, -0.15) is 0 Å². The highest BCUT2D eigenvalue weighted by molar-refractivity contribution is 5.74. The molecule has 2 atom stereocenters. The number of nitrogens with zero attached hydrogens (tertiary/aromatic N) is 1. The van der Waals surface area contributed by atoms with E-state index >= 15 is 0 Å². The van der Waals surface area contributed by atoms with Gasteiger partial charge in [-0.25, -0.2) is 4.79 Å². The lowest BCUT2D eigenvalue weighted by atomic mass is 10.1. The minimum absolute atomic E-state index is 0.0181. The average Bonchev–Trinajstić information content (AvgIpc) is 2.69. The third kappa shape index (κ3) is 2.87. The molecule has 1 aliphatic rings. The molecule has 4 heteroatoms. The lowest BCUT2D eigenvalue weighted by Gasteiger charge is -2.23. The van der Waals surface area contributed by atoms with Crippen LogP contribution in [0.5, 0.6) is 0 Å². The van der Waals surface area contributed by atoms with E-state index in [1.165, 1.54) is 0 Å². The molecule has 0 aromatic heterocycles. The predicted octanol–water partition coefficient (Wildman–Crippen LogP) is 1.22. The first-order valence-electron chi connectivity index (χ1n) is 5.28. The summed E-state index contributed by atoms with van der Waals surface area (Å²) in [4.78, 5) is 13.2. The maximum Gasteiger partial charge on any atom is 0.317 e. The largest absolute Gasteiger partial charge is 0.376 e. The van der Waals surface area contributed by atoms with Crippen LogP contribution < -0.4 is 5.32 Å². The molecule has 4 nitrogen and oxygen atoms in total. The molecule has 0 spiro atoms. The minimum Gasteiger partial charge on any atom is -0.376 e. The average molecular weight is 200 g/mol. The second-order valence-electron chi connectivity index (χ2n) is 3.80. The number of ether oxygens (including phenoxy) is 1. The summed E-state index contributed by atoms with van der Waals surface area (Å²) in [5.41, 5.74) is 0. The molecule has 1 aliphatic heterocycles. The van der Waals surface area contributed by atoms with E-state index in [0.717, 1.165) is 26.0 Å². The fraction of sp³-hybridized carbons (Fsp3) is 0.900. The van der Waals surface area contributed by atoms with Crippen LogP contribution in [0.15, 0.2) is 0 Å². The maximum absolute atomic E-state index is 11.5. The molecular weight excluding hydrogens is 180 g/mol. The van der Waals surface area contributed by atoms with Gasteiger partial charge in [0, 0.05) is 20.2 Å². The summed E-state index contributed by atoms with van der Waals surface area (Å²) >= 11 is 0. The van der Waals surface area contributed by atoms with Crippen LogP contribution in [0.4, 0.5) is 4.79 Å². The van der Waals surface area contributed by atoms with Crippen molar-refractivity contribution in [1.82, 2.24) is 10.2 Å². The number of urea groups is 1. The zero-order valence-corrected chi connectivity index (χ0v) is 9.25. The fourth-order valence-corrected chi connectivity index (χ4v) is 1.54. The smallest absolute Gasteiger partial charge is 0.317 e. The van der Waals surface area contributed by atoms with Crippen molar-refractivity contribution in [3.8, 4) is 0 Å². The summed E-state index contributed by atoms with van der Waals surface area (Å²) in [6, 6.07) is 0.0921. The topological polar surface area (TPSA) is 41.6 Å². The van der Waals surface area contributed by atoms with Gasteiger partial charge in [0.05, 0.1) is 12.1 Å². The van der Waals surface area contributed by atoms with Gasteiger partial charge in [0.25, 0.3) is 0 Å². The predicted molar refractivity (Wildman–Crippen MR) is 55.3 cm³/mol. The van der Waals surface area contributed by atoms with E-state index in [9.17, 15) is 4.79 Å². The summed E-state index contributed by atoms with van der Waals surface area (Å²) in [7, 11) is 1.79. The zero-order chi connectivity index (χ0) is 10.6. The Morgan fingerprint density at radius 3 is 2.93 bits per heavy atom. The molecule has 0 bridgehead atoms. The van der Waals surface area contributed by atoms with Gasteiger partial charge in [-0.3, -0.25) is 0 Å². The first kappa shape index (κ1) is 11.3. The lowest BCUT2D eigenvalue weighted by Crippen LogP contribution is -2.46. The van der Waals surface area contributed by atoms with Crippen LogP contribution in [0.3, 0.4) is 0 Å². The molecule has 0 radical (unpaired) electrons. The monoisotopic (exact) mass is 200 g/mol. The Hall–Kier alpha value is -0.770. The number of carbonyl (C=O) groups is 1. The maximum atomic E-state index is 11.5. The van der Waals surface area contributed by atoms with Crippen LogP contribution >= 0.6 is 0 Å². The summed E-state index contributed by atoms with van der Waals surface area (Å²) in [6.45, 7) is 5.51. The van der Waals surface area contributed by atoms with Crippen molar-refractivity contribution in [3.05, 3.63) is 0 Å². The van der Waals surface area contributed by atoms with Gasteiger partial charge in [0.15, 0.2) is 0 Å². The third-order valence-electron chi connectivity index (χ3n) is 2.69. The number of hydrogen-bond acceptors (Lipinski definition) is 2. The number of nitrogens with one attached hydrogen (secondary N) is 1. The molecule has 1 heterocycles. The highest BCUT2D eigenvalue weighted by atomic mass is 16.5. The summed E-state index contributed by atoms with van der Waals surface area (Å²) in [6.07, 6.45) is 2.36. The second-order valence-corrected chi connectivity index (χ2v) is 3.80. The fourth-order valence-electron chi connectivity index (χ4n) is 1.54. The van der Waals surface area contributed by atoms with Crippen molar-refractivity contribution >= 4 is 6.03 Å². The minimum atomic E-state index is -0.0181. The van der Waals surface area contributed by atoms with E-state index in [0.29, 0.717) is 0 Å². The SMILES string of the molecule is CCN(C)C(=O)NC(C)C1CCCO1. The Kier molecular flexibility index (Phi) is 4.20. The van der Waals surface area contributed by atoms with Crippen molar-refractivity contribution in [2.75, 3.05) is 20.2 Å². The summed E-state index contributed by atoms with van der Waals surface area (Å²) in [5, 5.41) is 2.93. The van der Waals surface area contributed by atoms with Crippen LogP contribution in [-0.4, -0.2) is 43.3 Å². The van der Waals surface area contributed by atoms with Crippen LogP contribution in [0.1, 0.15) is 26.7 Å². The molecule has 82 valence electrons. The molecule has 2 amide bonds. The Labute approximate surface area is 85.6 Å². The van der Waals surface area contributed by atoms with E-state index in [4.69, 9.17) is 4.74 Å². The van der Waals surface area contributed by atoms with Gasteiger partial charge >= 0.3 is 6.03 Å². The van der Waals surface area contributed by atoms with Crippen LogP contribution in [0.2, 0.25) is 0 Å². The Morgan fingerprint density at radius 2 is 2.43 bits per heavy atom. The molecule has 1 fully saturated rings. The molecule has 1 saturated heterocycles. The van der Waals surface area contributed by atoms with Crippen LogP contribution in [0.25, 0.3) is 0 Å². The zero-order valence-electron chi connectivity index (χ0n) is 9.25. The Morgan fingerprint density at radius 1 is 1.71 bits per heavy atom. The molecule has 0 saturated carbocycles. The molecule has 0 aromatic rings. The van der Waals surface area contributed by atoms with Crippen molar-refractivity contribution in [3.63, 3.8) is 0 Å². The van der Waals surface area contributed by atoms with E-state index in [2.05, 4.69) is 5.32 Å². The Balaban J connectivity index is 2.31.